The van der Waals surface area contributed by atoms with Crippen LogP contribution in [0, 0.1) is 5.82 Å². The molecule has 0 aliphatic rings. The van der Waals surface area contributed by atoms with Gasteiger partial charge in [-0.15, -0.1) is 0 Å². The second-order valence-electron chi connectivity index (χ2n) is 5.88. The zero-order chi connectivity index (χ0) is 19.6. The molecule has 0 bridgehead atoms. The third-order valence-corrected chi connectivity index (χ3v) is 5.37. The molecule has 2 heterocycles. The van der Waals surface area contributed by atoms with Gasteiger partial charge < -0.3 is 14.3 Å². The number of hydrogen-bond donors (Lipinski definition) is 2. The van der Waals surface area contributed by atoms with Crippen LogP contribution < -0.4 is 4.72 Å². The van der Waals surface area contributed by atoms with Crippen molar-refractivity contribution in [1.82, 2.24) is 14.5 Å². The van der Waals surface area contributed by atoms with Gasteiger partial charge in [-0.1, -0.05) is 0 Å². The molecule has 144 valence electrons. The van der Waals surface area contributed by atoms with Crippen molar-refractivity contribution in [3.63, 3.8) is 0 Å². The Hall–Kier alpha value is -2.88. The van der Waals surface area contributed by atoms with Crippen LogP contribution in [0.15, 0.2) is 35.7 Å². The third kappa shape index (κ3) is 3.80. The minimum absolute atomic E-state index is 0.0280. The Morgan fingerprint density at radius 2 is 2.22 bits per heavy atom. The molecule has 2 aromatic heterocycles. The van der Waals surface area contributed by atoms with E-state index in [0.717, 1.165) is 0 Å². The number of H-pyrrole nitrogens is 1. The summed E-state index contributed by atoms with van der Waals surface area (Å²) < 4.78 is 49.0. The third-order valence-electron chi connectivity index (χ3n) is 4.05. The van der Waals surface area contributed by atoms with E-state index in [9.17, 15) is 13.2 Å². The van der Waals surface area contributed by atoms with Gasteiger partial charge in [-0.3, -0.25) is 9.52 Å². The summed E-state index contributed by atoms with van der Waals surface area (Å²) in [6, 6.07) is 4.44. The number of imidazole rings is 1. The lowest BCUT2D eigenvalue weighted by molar-refractivity contribution is -0.143. The first-order chi connectivity index (χ1) is 12.8. The standard InChI is InChI=1S/C17H19FN4O4S/c1-3-26-15(23)7-6-11-12(21-27(24,25)14-5-4-8-19-14)9-13-17(16(11)18)20-10-22(13)2/h4-5,8-10,19,21H,3,6-7H2,1-2H3. The van der Waals surface area contributed by atoms with Gasteiger partial charge in [0.25, 0.3) is 10.0 Å². The van der Waals surface area contributed by atoms with Gasteiger partial charge in [0.1, 0.15) is 5.52 Å². The Labute approximate surface area is 155 Å². The number of halogens is 1. The maximum Gasteiger partial charge on any atom is 0.306 e. The number of aromatic amines is 1. The van der Waals surface area contributed by atoms with E-state index < -0.39 is 21.8 Å². The molecule has 0 radical (unpaired) electrons. The second kappa shape index (κ2) is 7.39. The number of carbonyl (C=O) groups is 1. The van der Waals surface area contributed by atoms with Gasteiger partial charge in [0.2, 0.25) is 0 Å². The summed E-state index contributed by atoms with van der Waals surface area (Å²) in [5.74, 6) is -1.15. The Kier molecular flexibility index (Phi) is 5.17. The Morgan fingerprint density at radius 1 is 1.44 bits per heavy atom. The van der Waals surface area contributed by atoms with Crippen molar-refractivity contribution in [1.29, 1.82) is 0 Å². The lowest BCUT2D eigenvalue weighted by Crippen LogP contribution is -2.16. The van der Waals surface area contributed by atoms with E-state index in [0.29, 0.717) is 5.52 Å². The van der Waals surface area contributed by atoms with E-state index in [4.69, 9.17) is 4.74 Å². The monoisotopic (exact) mass is 394 g/mol. The van der Waals surface area contributed by atoms with Gasteiger partial charge >= 0.3 is 5.97 Å². The number of carbonyl (C=O) groups excluding carboxylic acids is 1. The van der Waals surface area contributed by atoms with Crippen LogP contribution in [0.4, 0.5) is 10.1 Å². The second-order valence-corrected chi connectivity index (χ2v) is 7.54. The number of anilines is 1. The minimum atomic E-state index is -3.94. The number of ether oxygens (including phenoxy) is 1. The lowest BCUT2D eigenvalue weighted by Gasteiger charge is -2.14. The predicted molar refractivity (Wildman–Crippen MR) is 97.2 cm³/mol. The molecule has 1 aromatic carbocycles. The highest BCUT2D eigenvalue weighted by Crippen LogP contribution is 2.30. The van der Waals surface area contributed by atoms with Crippen molar-refractivity contribution in [2.45, 2.75) is 24.8 Å². The van der Waals surface area contributed by atoms with E-state index in [1.54, 1.807) is 24.6 Å². The molecular formula is C17H19FN4O4S. The molecular weight excluding hydrogens is 375 g/mol. The number of fused-ring (bicyclic) bond motifs is 1. The number of nitrogens with zero attached hydrogens (tertiary/aromatic N) is 2. The van der Waals surface area contributed by atoms with Crippen LogP contribution in [-0.2, 0) is 33.0 Å². The van der Waals surface area contributed by atoms with Gasteiger partial charge in [0.05, 0.1) is 24.1 Å². The summed E-state index contributed by atoms with van der Waals surface area (Å²) in [6.07, 6.45) is 2.80. The number of aryl methyl sites for hydroxylation is 1. The summed E-state index contributed by atoms with van der Waals surface area (Å²) >= 11 is 0. The molecule has 0 amide bonds. The van der Waals surface area contributed by atoms with Crippen molar-refractivity contribution < 1.29 is 22.3 Å². The normalized spacial score (nSPS) is 11.7. The van der Waals surface area contributed by atoms with E-state index in [1.807, 2.05) is 0 Å². The van der Waals surface area contributed by atoms with Crippen LogP contribution >= 0.6 is 0 Å². The van der Waals surface area contributed by atoms with Crippen molar-refractivity contribution in [3.8, 4) is 0 Å². The number of sulfonamides is 1. The average Bonchev–Trinajstić information content (AvgIpc) is 3.26. The maximum atomic E-state index is 15.0. The van der Waals surface area contributed by atoms with E-state index in [-0.39, 0.29) is 41.2 Å². The molecule has 0 saturated heterocycles. The molecule has 0 fully saturated rings. The molecule has 0 spiro atoms. The van der Waals surface area contributed by atoms with Gasteiger partial charge in [-0.2, -0.15) is 8.42 Å². The highest BCUT2D eigenvalue weighted by Gasteiger charge is 2.22. The lowest BCUT2D eigenvalue weighted by atomic mass is 10.1. The summed E-state index contributed by atoms with van der Waals surface area (Å²) in [6.45, 7) is 1.89. The number of hydrogen-bond acceptors (Lipinski definition) is 5. The molecule has 3 rings (SSSR count). The molecule has 8 nitrogen and oxygen atoms in total. The zero-order valence-corrected chi connectivity index (χ0v) is 15.6. The SMILES string of the molecule is CCOC(=O)CCc1c(NS(=O)(=O)c2ccc[nH]2)cc2c(ncn2C)c1F. The van der Waals surface area contributed by atoms with Crippen molar-refractivity contribution >= 4 is 32.7 Å². The maximum absolute atomic E-state index is 15.0. The number of benzene rings is 1. The Bertz CT molecular complexity index is 1070. The van der Waals surface area contributed by atoms with Crippen LogP contribution in [0.25, 0.3) is 11.0 Å². The van der Waals surface area contributed by atoms with Crippen molar-refractivity contribution in [2.75, 3.05) is 11.3 Å². The summed E-state index contributed by atoms with van der Waals surface area (Å²) in [5, 5.41) is -0.0515. The van der Waals surface area contributed by atoms with E-state index in [2.05, 4.69) is 14.7 Å². The van der Waals surface area contributed by atoms with Crippen molar-refractivity contribution in [2.24, 2.45) is 7.05 Å². The summed E-state index contributed by atoms with van der Waals surface area (Å²) in [7, 11) is -2.26. The molecule has 27 heavy (non-hydrogen) atoms. The molecule has 0 aliphatic carbocycles. The highest BCUT2D eigenvalue weighted by atomic mass is 32.2. The molecule has 0 atom stereocenters. The fourth-order valence-corrected chi connectivity index (χ4v) is 3.80. The van der Waals surface area contributed by atoms with Gasteiger partial charge in [-0.25, -0.2) is 9.37 Å². The molecule has 0 saturated carbocycles. The smallest absolute Gasteiger partial charge is 0.306 e. The summed E-state index contributed by atoms with van der Waals surface area (Å²) in [4.78, 5) is 18.3. The van der Waals surface area contributed by atoms with Gasteiger partial charge in [-0.05, 0) is 31.5 Å². The molecule has 2 N–H and O–H groups in total. The number of aromatic nitrogens is 3. The number of esters is 1. The van der Waals surface area contributed by atoms with Crippen LogP contribution in [0.5, 0.6) is 0 Å². The van der Waals surface area contributed by atoms with Crippen LogP contribution in [-0.4, -0.2) is 35.5 Å². The number of nitrogens with one attached hydrogen (secondary N) is 2. The highest BCUT2D eigenvalue weighted by molar-refractivity contribution is 7.92. The quantitative estimate of drug-likeness (QED) is 0.598. The van der Waals surface area contributed by atoms with Gasteiger partial charge in [0.15, 0.2) is 10.8 Å². The van der Waals surface area contributed by atoms with E-state index in [1.165, 1.54) is 24.7 Å². The topological polar surface area (TPSA) is 106 Å². The predicted octanol–water partition coefficient (Wildman–Crippen LogP) is 2.34. The fraction of sp³-hybridized carbons (Fsp3) is 0.294. The molecule has 3 aromatic rings. The first-order valence-electron chi connectivity index (χ1n) is 8.27. The minimum Gasteiger partial charge on any atom is -0.466 e. The molecule has 0 aliphatic heterocycles. The van der Waals surface area contributed by atoms with Crippen LogP contribution in [0.3, 0.4) is 0 Å². The zero-order valence-electron chi connectivity index (χ0n) is 14.8. The average molecular weight is 394 g/mol. The van der Waals surface area contributed by atoms with Crippen LogP contribution in [0.2, 0.25) is 0 Å². The van der Waals surface area contributed by atoms with Crippen molar-refractivity contribution in [3.05, 3.63) is 42.1 Å². The summed E-state index contributed by atoms with van der Waals surface area (Å²) in [5.41, 5.74) is 0.655. The first-order valence-corrected chi connectivity index (χ1v) is 9.76. The van der Waals surface area contributed by atoms with Crippen LogP contribution in [0.1, 0.15) is 18.9 Å². The largest absolute Gasteiger partial charge is 0.466 e. The Balaban J connectivity index is 2.04. The fourth-order valence-electron chi connectivity index (χ4n) is 2.74. The molecule has 10 heteroatoms. The molecule has 0 unspecified atom stereocenters. The Morgan fingerprint density at radius 3 is 2.89 bits per heavy atom. The van der Waals surface area contributed by atoms with Gasteiger partial charge in [0, 0.05) is 25.2 Å². The first kappa shape index (κ1) is 18.9. The number of rotatable bonds is 7. The van der Waals surface area contributed by atoms with E-state index >= 15 is 4.39 Å².